The van der Waals surface area contributed by atoms with Gasteiger partial charge in [0, 0.05) is 11.8 Å². The van der Waals surface area contributed by atoms with Crippen LogP contribution in [0.3, 0.4) is 0 Å². The van der Waals surface area contributed by atoms with Crippen molar-refractivity contribution in [1.29, 1.82) is 0 Å². The number of ether oxygens (including phenoxy) is 2. The van der Waals surface area contributed by atoms with Crippen LogP contribution in [0.4, 0.5) is 4.79 Å². The lowest BCUT2D eigenvalue weighted by Crippen LogP contribution is -2.21. The quantitative estimate of drug-likeness (QED) is 0.728. The van der Waals surface area contributed by atoms with Gasteiger partial charge < -0.3 is 9.47 Å². The van der Waals surface area contributed by atoms with Gasteiger partial charge in [-0.25, -0.2) is 4.79 Å². The summed E-state index contributed by atoms with van der Waals surface area (Å²) >= 11 is 0. The molecule has 102 valence electrons. The standard InChI is InChI=1S/C17H16O3/c1-19-17(18)20-16-8-4-7-13-10-9-12-5-2-3-6-14(12)11-15(13)16/h2-10,13,15H,11H2,1H3. The van der Waals surface area contributed by atoms with Gasteiger partial charge in [0.05, 0.1) is 7.11 Å². The predicted molar refractivity (Wildman–Crippen MR) is 76.9 cm³/mol. The van der Waals surface area contributed by atoms with Crippen LogP contribution in [0.1, 0.15) is 11.1 Å². The minimum atomic E-state index is -0.660. The van der Waals surface area contributed by atoms with Gasteiger partial charge in [-0.2, -0.15) is 0 Å². The molecule has 0 bridgehead atoms. The minimum absolute atomic E-state index is 0.138. The van der Waals surface area contributed by atoms with Crippen LogP contribution >= 0.6 is 0 Å². The second-order valence-corrected chi connectivity index (χ2v) is 4.96. The number of allylic oxidation sites excluding steroid dienone is 5. The van der Waals surface area contributed by atoms with Gasteiger partial charge in [0.25, 0.3) is 0 Å². The van der Waals surface area contributed by atoms with Crippen molar-refractivity contribution in [2.75, 3.05) is 7.11 Å². The molecule has 0 N–H and O–H groups in total. The van der Waals surface area contributed by atoms with E-state index in [1.165, 1.54) is 18.2 Å². The Morgan fingerprint density at radius 1 is 1.25 bits per heavy atom. The van der Waals surface area contributed by atoms with Gasteiger partial charge in [-0.3, -0.25) is 0 Å². The molecule has 2 atom stereocenters. The van der Waals surface area contributed by atoms with E-state index in [1.54, 1.807) is 0 Å². The van der Waals surface area contributed by atoms with E-state index < -0.39 is 6.16 Å². The van der Waals surface area contributed by atoms with Gasteiger partial charge in [0.2, 0.25) is 0 Å². The van der Waals surface area contributed by atoms with E-state index in [0.717, 1.165) is 6.42 Å². The van der Waals surface area contributed by atoms with Crippen LogP contribution in [0.5, 0.6) is 0 Å². The molecule has 3 heteroatoms. The average molecular weight is 268 g/mol. The van der Waals surface area contributed by atoms with Crippen LogP contribution in [-0.4, -0.2) is 13.3 Å². The van der Waals surface area contributed by atoms with Crippen molar-refractivity contribution < 1.29 is 14.3 Å². The Kier molecular flexibility index (Phi) is 3.42. The Morgan fingerprint density at radius 2 is 2.10 bits per heavy atom. The third kappa shape index (κ3) is 2.39. The largest absolute Gasteiger partial charge is 0.513 e. The number of benzene rings is 1. The first-order chi connectivity index (χ1) is 9.78. The monoisotopic (exact) mass is 268 g/mol. The SMILES string of the molecule is COC(=O)OC1=CC=CC2C=Cc3ccccc3CC12. The lowest BCUT2D eigenvalue weighted by Gasteiger charge is -2.25. The molecule has 0 aromatic heterocycles. The van der Waals surface area contributed by atoms with E-state index in [0.29, 0.717) is 5.76 Å². The third-order valence-corrected chi connectivity index (χ3v) is 3.78. The van der Waals surface area contributed by atoms with Crippen molar-refractivity contribution in [3.8, 4) is 0 Å². The molecule has 0 saturated heterocycles. The molecule has 1 aromatic carbocycles. The summed E-state index contributed by atoms with van der Waals surface area (Å²) in [5, 5.41) is 0. The second kappa shape index (κ2) is 5.37. The van der Waals surface area contributed by atoms with Crippen molar-refractivity contribution >= 4 is 12.2 Å². The molecule has 0 heterocycles. The molecule has 0 radical (unpaired) electrons. The van der Waals surface area contributed by atoms with Crippen molar-refractivity contribution in [1.82, 2.24) is 0 Å². The predicted octanol–water partition coefficient (Wildman–Crippen LogP) is 3.73. The van der Waals surface area contributed by atoms with Crippen LogP contribution in [0.25, 0.3) is 6.08 Å². The summed E-state index contributed by atoms with van der Waals surface area (Å²) in [6, 6.07) is 8.31. The van der Waals surface area contributed by atoms with E-state index in [-0.39, 0.29) is 11.8 Å². The van der Waals surface area contributed by atoms with Gasteiger partial charge in [0.1, 0.15) is 5.76 Å². The summed E-state index contributed by atoms with van der Waals surface area (Å²) in [6.45, 7) is 0. The van der Waals surface area contributed by atoms with Crippen LogP contribution in [0, 0.1) is 11.8 Å². The summed E-state index contributed by atoms with van der Waals surface area (Å²) < 4.78 is 9.88. The summed E-state index contributed by atoms with van der Waals surface area (Å²) in [6.07, 6.45) is 10.4. The van der Waals surface area contributed by atoms with Crippen molar-refractivity contribution in [2.24, 2.45) is 11.8 Å². The van der Waals surface area contributed by atoms with Gasteiger partial charge in [-0.1, -0.05) is 48.6 Å². The van der Waals surface area contributed by atoms with Gasteiger partial charge in [-0.05, 0) is 23.6 Å². The molecule has 2 aliphatic rings. The lowest BCUT2D eigenvalue weighted by molar-refractivity contribution is 0.0865. The highest BCUT2D eigenvalue weighted by atomic mass is 16.7. The van der Waals surface area contributed by atoms with E-state index in [9.17, 15) is 4.79 Å². The van der Waals surface area contributed by atoms with Crippen molar-refractivity contribution in [3.63, 3.8) is 0 Å². The van der Waals surface area contributed by atoms with Crippen LogP contribution in [0.15, 0.2) is 54.3 Å². The molecule has 2 unspecified atom stereocenters. The van der Waals surface area contributed by atoms with E-state index in [2.05, 4.69) is 35.1 Å². The molecule has 0 fully saturated rings. The number of methoxy groups -OCH3 is 1. The fourth-order valence-electron chi connectivity index (χ4n) is 2.74. The summed E-state index contributed by atoms with van der Waals surface area (Å²) in [7, 11) is 1.32. The Balaban J connectivity index is 1.91. The summed E-state index contributed by atoms with van der Waals surface area (Å²) in [5.74, 6) is 1.05. The van der Waals surface area contributed by atoms with Gasteiger partial charge in [0.15, 0.2) is 0 Å². The van der Waals surface area contributed by atoms with Crippen LogP contribution in [0.2, 0.25) is 0 Å². The molecule has 2 aliphatic carbocycles. The third-order valence-electron chi connectivity index (χ3n) is 3.78. The summed E-state index contributed by atoms with van der Waals surface area (Å²) in [5.41, 5.74) is 2.50. The first-order valence-corrected chi connectivity index (χ1v) is 6.68. The maximum absolute atomic E-state index is 11.4. The molecule has 3 rings (SSSR count). The lowest BCUT2D eigenvalue weighted by atomic mass is 9.83. The molecule has 20 heavy (non-hydrogen) atoms. The minimum Gasteiger partial charge on any atom is -0.437 e. The molecule has 0 amide bonds. The van der Waals surface area contributed by atoms with Gasteiger partial charge >= 0.3 is 6.16 Å². The number of hydrogen-bond acceptors (Lipinski definition) is 3. The molecule has 0 spiro atoms. The highest BCUT2D eigenvalue weighted by Crippen LogP contribution is 2.35. The maximum Gasteiger partial charge on any atom is 0.513 e. The zero-order valence-electron chi connectivity index (χ0n) is 11.3. The maximum atomic E-state index is 11.4. The number of rotatable bonds is 1. The smallest absolute Gasteiger partial charge is 0.437 e. The fourth-order valence-corrected chi connectivity index (χ4v) is 2.74. The zero-order chi connectivity index (χ0) is 13.9. The van der Waals surface area contributed by atoms with Crippen LogP contribution < -0.4 is 0 Å². The molecule has 0 saturated carbocycles. The number of fused-ring (bicyclic) bond motifs is 2. The van der Waals surface area contributed by atoms with E-state index >= 15 is 0 Å². The first-order valence-electron chi connectivity index (χ1n) is 6.68. The molecule has 0 aliphatic heterocycles. The fraction of sp³-hybridized carbons (Fsp3) is 0.235. The highest BCUT2D eigenvalue weighted by Gasteiger charge is 2.29. The molecule has 3 nitrogen and oxygen atoms in total. The molecule has 1 aromatic rings. The van der Waals surface area contributed by atoms with Crippen LogP contribution in [-0.2, 0) is 15.9 Å². The van der Waals surface area contributed by atoms with E-state index in [1.807, 2.05) is 24.3 Å². The van der Waals surface area contributed by atoms with E-state index in [4.69, 9.17) is 4.74 Å². The average Bonchev–Trinajstić information content (AvgIpc) is 2.67. The van der Waals surface area contributed by atoms with Crippen molar-refractivity contribution in [3.05, 3.63) is 65.5 Å². The van der Waals surface area contributed by atoms with Gasteiger partial charge in [-0.15, -0.1) is 0 Å². The number of carbonyl (C=O) groups excluding carboxylic acids is 1. The van der Waals surface area contributed by atoms with Crippen molar-refractivity contribution in [2.45, 2.75) is 6.42 Å². The Bertz CT molecular complexity index is 610. The normalized spacial score (nSPS) is 23.1. The summed E-state index contributed by atoms with van der Waals surface area (Å²) in [4.78, 5) is 11.4. The Hall–Kier alpha value is -2.29. The molecular weight excluding hydrogens is 252 g/mol. The number of carbonyl (C=O) groups is 1. The second-order valence-electron chi connectivity index (χ2n) is 4.96. The molecular formula is C17H16O3. The highest BCUT2D eigenvalue weighted by molar-refractivity contribution is 5.62. The number of hydrogen-bond donors (Lipinski definition) is 0. The zero-order valence-corrected chi connectivity index (χ0v) is 11.3. The first kappa shape index (κ1) is 12.7. The topological polar surface area (TPSA) is 35.5 Å². The Labute approximate surface area is 118 Å². The Morgan fingerprint density at radius 3 is 2.95 bits per heavy atom.